The number of ether oxygens (including phenoxy) is 1. The van der Waals surface area contributed by atoms with Gasteiger partial charge in [0.25, 0.3) is 5.91 Å². The smallest absolute Gasteiger partial charge is 0.261 e. The molecule has 0 radical (unpaired) electrons. The Labute approximate surface area is 150 Å². The van der Waals surface area contributed by atoms with Gasteiger partial charge in [-0.15, -0.1) is 10.2 Å². The second kappa shape index (κ2) is 6.84. The summed E-state index contributed by atoms with van der Waals surface area (Å²) in [5.41, 5.74) is 1.33. The van der Waals surface area contributed by atoms with Crippen molar-refractivity contribution in [2.75, 3.05) is 13.2 Å². The van der Waals surface area contributed by atoms with Gasteiger partial charge in [0.15, 0.2) is 18.1 Å². The molecular formula is C19H17N5O2. The molecule has 4 rings (SSSR count). The first-order chi connectivity index (χ1) is 12.8. The Morgan fingerprint density at radius 2 is 2.08 bits per heavy atom. The minimum absolute atomic E-state index is 0.0425. The number of nitriles is 1. The summed E-state index contributed by atoms with van der Waals surface area (Å²) >= 11 is 0. The van der Waals surface area contributed by atoms with E-state index in [4.69, 9.17) is 10.00 Å². The van der Waals surface area contributed by atoms with E-state index >= 15 is 0 Å². The predicted octanol–water partition coefficient (Wildman–Crippen LogP) is 2.34. The van der Waals surface area contributed by atoms with E-state index < -0.39 is 0 Å². The van der Waals surface area contributed by atoms with Crippen LogP contribution in [0.15, 0.2) is 48.7 Å². The molecule has 1 aliphatic heterocycles. The van der Waals surface area contributed by atoms with Crippen molar-refractivity contribution in [3.63, 3.8) is 0 Å². The molecule has 1 atom stereocenters. The van der Waals surface area contributed by atoms with Crippen molar-refractivity contribution >= 4 is 11.6 Å². The van der Waals surface area contributed by atoms with Crippen molar-refractivity contribution in [3.8, 4) is 11.8 Å². The normalized spacial score (nSPS) is 16.6. The zero-order valence-corrected chi connectivity index (χ0v) is 14.1. The van der Waals surface area contributed by atoms with E-state index in [0.29, 0.717) is 17.9 Å². The Balaban J connectivity index is 1.47. The van der Waals surface area contributed by atoms with E-state index in [1.165, 1.54) is 0 Å². The zero-order chi connectivity index (χ0) is 17.9. The fourth-order valence-corrected chi connectivity index (χ4v) is 3.27. The van der Waals surface area contributed by atoms with Crippen molar-refractivity contribution in [3.05, 3.63) is 60.0 Å². The molecule has 1 amide bonds. The molecule has 26 heavy (non-hydrogen) atoms. The zero-order valence-electron chi connectivity index (χ0n) is 14.1. The average Bonchev–Trinajstić information content (AvgIpc) is 3.33. The SMILES string of the molecule is N#Cc1ccc(OCC(=O)N2CCCC2c2nnc3ccccn23)cc1. The van der Waals surface area contributed by atoms with Gasteiger partial charge in [0, 0.05) is 12.7 Å². The first-order valence-corrected chi connectivity index (χ1v) is 8.48. The van der Waals surface area contributed by atoms with Gasteiger partial charge in [-0.1, -0.05) is 6.07 Å². The minimum Gasteiger partial charge on any atom is -0.484 e. The van der Waals surface area contributed by atoms with Crippen LogP contribution in [0, 0.1) is 11.3 Å². The molecule has 1 saturated heterocycles. The molecule has 2 aromatic heterocycles. The first-order valence-electron chi connectivity index (χ1n) is 8.48. The number of aromatic nitrogens is 3. The third-order valence-electron chi connectivity index (χ3n) is 4.56. The van der Waals surface area contributed by atoms with Crippen LogP contribution in [-0.2, 0) is 4.79 Å². The third-order valence-corrected chi connectivity index (χ3v) is 4.56. The highest BCUT2D eigenvalue weighted by Gasteiger charge is 2.33. The van der Waals surface area contributed by atoms with E-state index in [2.05, 4.69) is 16.3 Å². The van der Waals surface area contributed by atoms with E-state index in [-0.39, 0.29) is 18.6 Å². The number of carbonyl (C=O) groups is 1. The molecule has 0 aliphatic carbocycles. The maximum atomic E-state index is 12.7. The fourth-order valence-electron chi connectivity index (χ4n) is 3.27. The summed E-state index contributed by atoms with van der Waals surface area (Å²) in [6, 6.07) is 14.4. The van der Waals surface area contributed by atoms with Crippen molar-refractivity contribution in [2.45, 2.75) is 18.9 Å². The lowest BCUT2D eigenvalue weighted by molar-refractivity contribution is -0.134. The minimum atomic E-state index is -0.0931. The van der Waals surface area contributed by atoms with Crippen LogP contribution >= 0.6 is 0 Å². The van der Waals surface area contributed by atoms with Gasteiger partial charge in [-0.05, 0) is 49.2 Å². The van der Waals surface area contributed by atoms with Gasteiger partial charge < -0.3 is 9.64 Å². The van der Waals surface area contributed by atoms with Gasteiger partial charge in [-0.3, -0.25) is 9.20 Å². The lowest BCUT2D eigenvalue weighted by Gasteiger charge is -2.23. The average molecular weight is 347 g/mol. The topological polar surface area (TPSA) is 83.5 Å². The van der Waals surface area contributed by atoms with Gasteiger partial charge in [-0.2, -0.15) is 5.26 Å². The molecule has 1 aromatic carbocycles. The van der Waals surface area contributed by atoms with Crippen molar-refractivity contribution < 1.29 is 9.53 Å². The van der Waals surface area contributed by atoms with Crippen LogP contribution in [0.3, 0.4) is 0 Å². The highest BCUT2D eigenvalue weighted by atomic mass is 16.5. The number of carbonyl (C=O) groups excluding carboxylic acids is 1. The molecule has 0 spiro atoms. The van der Waals surface area contributed by atoms with Crippen molar-refractivity contribution in [2.24, 2.45) is 0 Å². The highest BCUT2D eigenvalue weighted by molar-refractivity contribution is 5.78. The first kappa shape index (κ1) is 16.1. The number of pyridine rings is 1. The van der Waals surface area contributed by atoms with Gasteiger partial charge in [0.05, 0.1) is 17.7 Å². The lowest BCUT2D eigenvalue weighted by atomic mass is 10.2. The summed E-state index contributed by atoms with van der Waals surface area (Å²) in [6.07, 6.45) is 3.70. The Bertz CT molecular complexity index is 974. The maximum Gasteiger partial charge on any atom is 0.261 e. The van der Waals surface area contributed by atoms with Crippen LogP contribution in [0.2, 0.25) is 0 Å². The van der Waals surface area contributed by atoms with Crippen LogP contribution in [0.1, 0.15) is 30.3 Å². The highest BCUT2D eigenvalue weighted by Crippen LogP contribution is 2.31. The molecule has 7 heteroatoms. The number of likely N-dealkylation sites (tertiary alicyclic amines) is 1. The molecule has 130 valence electrons. The number of nitrogens with zero attached hydrogens (tertiary/aromatic N) is 5. The van der Waals surface area contributed by atoms with Crippen LogP contribution in [0.25, 0.3) is 5.65 Å². The summed E-state index contributed by atoms with van der Waals surface area (Å²) in [6.45, 7) is 0.640. The van der Waals surface area contributed by atoms with E-state index in [1.54, 1.807) is 24.3 Å². The number of rotatable bonds is 4. The number of benzene rings is 1. The second-order valence-corrected chi connectivity index (χ2v) is 6.16. The molecule has 0 saturated carbocycles. The van der Waals surface area contributed by atoms with Crippen LogP contribution < -0.4 is 4.74 Å². The standard InChI is InChI=1S/C19H17N5O2/c20-12-14-6-8-15(9-7-14)26-13-18(25)23-11-3-4-16(23)19-22-21-17-5-1-2-10-24(17)19/h1-2,5-10,16H,3-4,11,13H2. The number of amides is 1. The molecule has 1 fully saturated rings. The summed E-state index contributed by atoms with van der Waals surface area (Å²) in [5.74, 6) is 1.27. The summed E-state index contributed by atoms with van der Waals surface area (Å²) < 4.78 is 7.52. The summed E-state index contributed by atoms with van der Waals surface area (Å²) in [4.78, 5) is 14.5. The van der Waals surface area contributed by atoms with Crippen molar-refractivity contribution in [1.29, 1.82) is 5.26 Å². The van der Waals surface area contributed by atoms with Gasteiger partial charge in [0.1, 0.15) is 5.75 Å². The molecule has 3 aromatic rings. The van der Waals surface area contributed by atoms with Crippen LogP contribution in [-0.4, -0.2) is 38.6 Å². The van der Waals surface area contributed by atoms with E-state index in [0.717, 1.165) is 24.3 Å². The molecular weight excluding hydrogens is 330 g/mol. The van der Waals surface area contributed by atoms with Gasteiger partial charge in [-0.25, -0.2) is 0 Å². The Hall–Kier alpha value is -3.40. The predicted molar refractivity (Wildman–Crippen MR) is 93.3 cm³/mol. The molecule has 0 N–H and O–H groups in total. The number of hydrogen-bond acceptors (Lipinski definition) is 5. The lowest BCUT2D eigenvalue weighted by Crippen LogP contribution is -2.35. The second-order valence-electron chi connectivity index (χ2n) is 6.16. The molecule has 1 unspecified atom stereocenters. The fraction of sp³-hybridized carbons (Fsp3) is 0.263. The Morgan fingerprint density at radius 3 is 2.88 bits per heavy atom. The molecule has 1 aliphatic rings. The number of fused-ring (bicyclic) bond motifs is 1. The third kappa shape index (κ3) is 2.97. The van der Waals surface area contributed by atoms with E-state index in [9.17, 15) is 4.79 Å². The largest absolute Gasteiger partial charge is 0.484 e. The summed E-state index contributed by atoms with van der Waals surface area (Å²) in [7, 11) is 0. The monoisotopic (exact) mass is 347 g/mol. The van der Waals surface area contributed by atoms with Crippen LogP contribution in [0.4, 0.5) is 0 Å². The quantitative estimate of drug-likeness (QED) is 0.723. The van der Waals surface area contributed by atoms with Gasteiger partial charge >= 0.3 is 0 Å². The van der Waals surface area contributed by atoms with Gasteiger partial charge in [0.2, 0.25) is 0 Å². The molecule has 7 nitrogen and oxygen atoms in total. The van der Waals surface area contributed by atoms with Crippen molar-refractivity contribution in [1.82, 2.24) is 19.5 Å². The molecule has 3 heterocycles. The Kier molecular flexibility index (Phi) is 4.23. The maximum absolute atomic E-state index is 12.7. The number of hydrogen-bond donors (Lipinski definition) is 0. The Morgan fingerprint density at radius 1 is 1.23 bits per heavy atom. The molecule has 0 bridgehead atoms. The van der Waals surface area contributed by atoms with E-state index in [1.807, 2.05) is 33.7 Å². The summed E-state index contributed by atoms with van der Waals surface area (Å²) in [5, 5.41) is 17.3. The van der Waals surface area contributed by atoms with Crippen LogP contribution in [0.5, 0.6) is 5.75 Å².